The summed E-state index contributed by atoms with van der Waals surface area (Å²) in [7, 11) is 1.58. The molecule has 0 N–H and O–H groups in total. The van der Waals surface area contributed by atoms with E-state index in [4.69, 9.17) is 14.0 Å². The molecule has 6 nitrogen and oxygen atoms in total. The van der Waals surface area contributed by atoms with Crippen LogP contribution in [-0.4, -0.2) is 34.8 Å². The third-order valence-corrected chi connectivity index (χ3v) is 4.67. The third kappa shape index (κ3) is 2.85. The number of hydrogen-bond donors (Lipinski definition) is 0. The zero-order valence-corrected chi connectivity index (χ0v) is 13.4. The highest BCUT2D eigenvalue weighted by Crippen LogP contribution is 2.30. The second-order valence-corrected chi connectivity index (χ2v) is 6.14. The van der Waals surface area contributed by atoms with Gasteiger partial charge < -0.3 is 14.0 Å². The maximum Gasteiger partial charge on any atom is 0.258 e. The van der Waals surface area contributed by atoms with Gasteiger partial charge in [0, 0.05) is 24.2 Å². The van der Waals surface area contributed by atoms with Gasteiger partial charge in [-0.05, 0) is 35.6 Å². The number of aromatic nitrogens is 3. The van der Waals surface area contributed by atoms with Crippen molar-refractivity contribution < 1.29 is 14.0 Å². The Morgan fingerprint density at radius 2 is 2.13 bits per heavy atom. The smallest absolute Gasteiger partial charge is 0.258 e. The standard InChI is InChI=1S/C16H15N3O3S/c1-20-14-8-13(23-19-14)15-17-16(22-18-15)11-4-2-10(3-5-11)12-6-7-21-9-12/h2-5,8,12H,6-7,9H2,1H3. The highest BCUT2D eigenvalue weighted by Gasteiger charge is 2.18. The molecule has 118 valence electrons. The quantitative estimate of drug-likeness (QED) is 0.731. The Kier molecular flexibility index (Phi) is 3.80. The normalized spacial score (nSPS) is 17.5. The highest BCUT2D eigenvalue weighted by molar-refractivity contribution is 7.09. The lowest BCUT2D eigenvalue weighted by Gasteiger charge is -2.07. The molecule has 1 aliphatic rings. The fourth-order valence-corrected chi connectivity index (χ4v) is 3.23. The van der Waals surface area contributed by atoms with E-state index in [0.717, 1.165) is 30.1 Å². The average Bonchev–Trinajstić information content (AvgIpc) is 3.34. The minimum Gasteiger partial charge on any atom is -0.480 e. The summed E-state index contributed by atoms with van der Waals surface area (Å²) in [6.45, 7) is 1.65. The van der Waals surface area contributed by atoms with Crippen molar-refractivity contribution in [1.29, 1.82) is 0 Å². The Balaban J connectivity index is 1.56. The Labute approximate surface area is 137 Å². The van der Waals surface area contributed by atoms with Crippen LogP contribution in [0, 0.1) is 0 Å². The van der Waals surface area contributed by atoms with Gasteiger partial charge in [-0.3, -0.25) is 0 Å². The van der Waals surface area contributed by atoms with Crippen molar-refractivity contribution in [2.24, 2.45) is 0 Å². The molecule has 1 aromatic carbocycles. The van der Waals surface area contributed by atoms with E-state index in [1.54, 1.807) is 13.2 Å². The van der Waals surface area contributed by atoms with Crippen LogP contribution >= 0.6 is 11.5 Å². The van der Waals surface area contributed by atoms with Crippen LogP contribution < -0.4 is 4.74 Å². The molecule has 0 saturated carbocycles. The lowest BCUT2D eigenvalue weighted by molar-refractivity contribution is 0.194. The van der Waals surface area contributed by atoms with Crippen molar-refractivity contribution >= 4 is 11.5 Å². The van der Waals surface area contributed by atoms with E-state index in [-0.39, 0.29) is 0 Å². The van der Waals surface area contributed by atoms with Crippen LogP contribution in [0.4, 0.5) is 0 Å². The second kappa shape index (κ2) is 6.10. The Morgan fingerprint density at radius 1 is 1.26 bits per heavy atom. The van der Waals surface area contributed by atoms with E-state index >= 15 is 0 Å². The summed E-state index contributed by atoms with van der Waals surface area (Å²) in [5.41, 5.74) is 2.20. The van der Waals surface area contributed by atoms with Gasteiger partial charge in [-0.15, -0.1) is 0 Å². The number of nitrogens with zero attached hydrogens (tertiary/aromatic N) is 3. The summed E-state index contributed by atoms with van der Waals surface area (Å²) in [5, 5.41) is 4.02. The molecule has 2 aromatic heterocycles. The van der Waals surface area contributed by atoms with Crippen molar-refractivity contribution in [2.75, 3.05) is 20.3 Å². The third-order valence-electron chi connectivity index (χ3n) is 3.90. The zero-order valence-electron chi connectivity index (χ0n) is 12.6. The number of rotatable bonds is 4. The van der Waals surface area contributed by atoms with Crippen LogP contribution in [0.25, 0.3) is 22.2 Å². The summed E-state index contributed by atoms with van der Waals surface area (Å²) >= 11 is 1.28. The molecule has 1 fully saturated rings. The molecule has 23 heavy (non-hydrogen) atoms. The van der Waals surface area contributed by atoms with Gasteiger partial charge in [0.2, 0.25) is 11.7 Å². The molecule has 3 aromatic rings. The molecule has 0 radical (unpaired) electrons. The van der Waals surface area contributed by atoms with E-state index in [1.807, 2.05) is 12.1 Å². The topological polar surface area (TPSA) is 70.3 Å². The fraction of sp³-hybridized carbons (Fsp3) is 0.312. The van der Waals surface area contributed by atoms with Crippen molar-refractivity contribution in [1.82, 2.24) is 14.5 Å². The lowest BCUT2D eigenvalue weighted by atomic mass is 9.97. The number of ether oxygens (including phenoxy) is 2. The second-order valence-electron chi connectivity index (χ2n) is 5.34. The first-order chi connectivity index (χ1) is 11.3. The van der Waals surface area contributed by atoms with E-state index in [0.29, 0.717) is 23.5 Å². The SMILES string of the molecule is COc1cc(-c2noc(-c3ccc(C4CCOC4)cc3)n2)sn1. The molecule has 1 saturated heterocycles. The molecule has 4 rings (SSSR count). The summed E-state index contributed by atoms with van der Waals surface area (Å²) < 4.78 is 20.0. The molecular formula is C16H15N3O3S. The van der Waals surface area contributed by atoms with Gasteiger partial charge in [0.1, 0.15) is 0 Å². The summed E-state index contributed by atoms with van der Waals surface area (Å²) in [5.74, 6) is 2.07. The van der Waals surface area contributed by atoms with Crippen molar-refractivity contribution in [3.8, 4) is 28.0 Å². The predicted molar refractivity (Wildman–Crippen MR) is 85.6 cm³/mol. The molecule has 3 heterocycles. The predicted octanol–water partition coefficient (Wildman–Crippen LogP) is 3.37. The minimum atomic E-state index is 0.493. The van der Waals surface area contributed by atoms with Gasteiger partial charge in [0.05, 0.1) is 18.6 Å². The van der Waals surface area contributed by atoms with E-state index in [1.165, 1.54) is 17.1 Å². The van der Waals surface area contributed by atoms with Gasteiger partial charge in [-0.1, -0.05) is 17.3 Å². The van der Waals surface area contributed by atoms with Crippen molar-refractivity contribution in [2.45, 2.75) is 12.3 Å². The van der Waals surface area contributed by atoms with Crippen molar-refractivity contribution in [3.63, 3.8) is 0 Å². The van der Waals surface area contributed by atoms with Gasteiger partial charge >= 0.3 is 0 Å². The zero-order chi connectivity index (χ0) is 15.6. The minimum absolute atomic E-state index is 0.493. The lowest BCUT2D eigenvalue weighted by Crippen LogP contribution is -1.96. The summed E-state index contributed by atoms with van der Waals surface area (Å²) in [6.07, 6.45) is 1.08. The molecule has 0 amide bonds. The number of hydrogen-bond acceptors (Lipinski definition) is 7. The van der Waals surface area contributed by atoms with Crippen LogP contribution in [0.1, 0.15) is 17.9 Å². The van der Waals surface area contributed by atoms with Crippen LogP contribution in [0.3, 0.4) is 0 Å². The van der Waals surface area contributed by atoms with Crippen LogP contribution in [0.15, 0.2) is 34.9 Å². The van der Waals surface area contributed by atoms with Crippen LogP contribution in [0.2, 0.25) is 0 Å². The first-order valence-electron chi connectivity index (χ1n) is 7.36. The van der Waals surface area contributed by atoms with Gasteiger partial charge in [-0.2, -0.15) is 9.36 Å². The Hall–Kier alpha value is -2.25. The fourth-order valence-electron chi connectivity index (χ4n) is 2.60. The molecule has 1 unspecified atom stereocenters. The maximum absolute atomic E-state index is 5.43. The molecular weight excluding hydrogens is 314 g/mol. The average molecular weight is 329 g/mol. The molecule has 7 heteroatoms. The van der Waals surface area contributed by atoms with Gasteiger partial charge in [0.15, 0.2) is 0 Å². The van der Waals surface area contributed by atoms with Crippen LogP contribution in [-0.2, 0) is 4.74 Å². The van der Waals surface area contributed by atoms with E-state index in [9.17, 15) is 0 Å². The molecule has 0 spiro atoms. The van der Waals surface area contributed by atoms with Crippen molar-refractivity contribution in [3.05, 3.63) is 35.9 Å². The molecule has 1 aliphatic heterocycles. The monoisotopic (exact) mass is 329 g/mol. The molecule has 0 aliphatic carbocycles. The maximum atomic E-state index is 5.43. The molecule has 1 atom stereocenters. The van der Waals surface area contributed by atoms with E-state index in [2.05, 4.69) is 26.6 Å². The van der Waals surface area contributed by atoms with E-state index < -0.39 is 0 Å². The number of benzene rings is 1. The highest BCUT2D eigenvalue weighted by atomic mass is 32.1. The van der Waals surface area contributed by atoms with Crippen LogP contribution in [0.5, 0.6) is 5.88 Å². The number of methoxy groups -OCH3 is 1. The first-order valence-corrected chi connectivity index (χ1v) is 8.13. The Morgan fingerprint density at radius 3 is 2.83 bits per heavy atom. The Bertz CT molecular complexity index is 791. The summed E-state index contributed by atoms with van der Waals surface area (Å²) in [6, 6.07) is 10.0. The largest absolute Gasteiger partial charge is 0.480 e. The summed E-state index contributed by atoms with van der Waals surface area (Å²) in [4.78, 5) is 5.25. The van der Waals surface area contributed by atoms with Gasteiger partial charge in [0.25, 0.3) is 5.89 Å². The first kappa shape index (κ1) is 14.3. The van der Waals surface area contributed by atoms with Gasteiger partial charge in [-0.25, -0.2) is 0 Å². The molecule has 0 bridgehead atoms.